The summed E-state index contributed by atoms with van der Waals surface area (Å²) in [5.74, 6) is 0. The molecule has 0 fully saturated rings. The second-order valence-corrected chi connectivity index (χ2v) is 4.94. The number of halogens is 1. The second-order valence-electron chi connectivity index (χ2n) is 1.50. The number of rotatable bonds is 0. The Balaban J connectivity index is 2.90. The third kappa shape index (κ3) is 1.55. The molecule has 0 aromatic heterocycles. The molecular formula is C3H5IN2O2S. The fraction of sp³-hybridized carbons (Fsp3) is 0.333. The Morgan fingerprint density at radius 3 is 2.67 bits per heavy atom. The highest BCUT2D eigenvalue weighted by Crippen LogP contribution is 2.08. The van der Waals surface area contributed by atoms with Crippen molar-refractivity contribution in [2.45, 2.75) is 0 Å². The summed E-state index contributed by atoms with van der Waals surface area (Å²) < 4.78 is 24.9. The minimum absolute atomic E-state index is 0.440. The van der Waals surface area contributed by atoms with Crippen molar-refractivity contribution >= 4 is 33.1 Å². The van der Waals surface area contributed by atoms with Crippen molar-refractivity contribution in [2.24, 2.45) is 0 Å². The summed E-state index contributed by atoms with van der Waals surface area (Å²) in [6.45, 7) is 0.440. The molecule has 0 aliphatic carbocycles. The fourth-order valence-electron chi connectivity index (χ4n) is 0.425. The molecule has 0 radical (unpaired) electrons. The molecule has 52 valence electrons. The van der Waals surface area contributed by atoms with E-state index < -0.39 is 10.2 Å². The van der Waals surface area contributed by atoms with Crippen molar-refractivity contribution in [2.75, 3.05) is 6.54 Å². The van der Waals surface area contributed by atoms with Crippen LogP contribution in [-0.4, -0.2) is 17.5 Å². The molecule has 1 heterocycles. The molecule has 1 aliphatic rings. The maximum Gasteiger partial charge on any atom is 0.310 e. The normalized spacial score (nSPS) is 25.4. The van der Waals surface area contributed by atoms with Gasteiger partial charge < -0.3 is 0 Å². The first-order valence-corrected chi connectivity index (χ1v) is 4.64. The van der Waals surface area contributed by atoms with E-state index in [1.54, 1.807) is 28.9 Å². The Hall–Kier alpha value is 0.180. The van der Waals surface area contributed by atoms with Gasteiger partial charge in [0.25, 0.3) is 0 Å². The van der Waals surface area contributed by atoms with Crippen LogP contribution in [0.4, 0.5) is 0 Å². The van der Waals surface area contributed by atoms with Gasteiger partial charge in [-0.1, -0.05) is 6.08 Å². The Morgan fingerprint density at radius 2 is 2.33 bits per heavy atom. The van der Waals surface area contributed by atoms with Crippen LogP contribution in [0.1, 0.15) is 0 Å². The van der Waals surface area contributed by atoms with Gasteiger partial charge in [0.05, 0.1) is 0 Å². The maximum atomic E-state index is 10.7. The third-order valence-electron chi connectivity index (χ3n) is 0.845. The summed E-state index contributed by atoms with van der Waals surface area (Å²) in [6.07, 6.45) is 3.15. The van der Waals surface area contributed by atoms with Crippen LogP contribution in [-0.2, 0) is 10.2 Å². The van der Waals surface area contributed by atoms with Crippen molar-refractivity contribution in [3.63, 3.8) is 0 Å². The van der Waals surface area contributed by atoms with E-state index >= 15 is 0 Å². The van der Waals surface area contributed by atoms with Crippen LogP contribution < -0.4 is 4.72 Å². The van der Waals surface area contributed by atoms with Gasteiger partial charge in [-0.2, -0.15) is 8.42 Å². The lowest BCUT2D eigenvalue weighted by atomic mass is 10.6. The largest absolute Gasteiger partial charge is 0.310 e. The molecule has 0 atom stereocenters. The molecule has 0 bridgehead atoms. The van der Waals surface area contributed by atoms with E-state index in [1.807, 2.05) is 0 Å². The van der Waals surface area contributed by atoms with E-state index in [0.717, 1.165) is 0 Å². The number of hydrogen-bond donors (Lipinski definition) is 1. The molecule has 4 nitrogen and oxygen atoms in total. The summed E-state index contributed by atoms with van der Waals surface area (Å²) in [6, 6.07) is 0. The lowest BCUT2D eigenvalue weighted by Crippen LogP contribution is -2.34. The number of nitrogens with zero attached hydrogens (tertiary/aromatic N) is 1. The zero-order valence-corrected chi connectivity index (χ0v) is 7.39. The highest BCUT2D eigenvalue weighted by atomic mass is 127. The van der Waals surface area contributed by atoms with Gasteiger partial charge in [0.15, 0.2) is 0 Å². The highest BCUT2D eigenvalue weighted by molar-refractivity contribution is 14.1. The summed E-state index contributed by atoms with van der Waals surface area (Å²) in [7, 11) is -3.18. The molecule has 0 spiro atoms. The van der Waals surface area contributed by atoms with Crippen molar-refractivity contribution in [3.8, 4) is 0 Å². The topological polar surface area (TPSA) is 49.4 Å². The number of nitrogens with one attached hydrogen (secondary N) is 1. The van der Waals surface area contributed by atoms with Gasteiger partial charge in [0.1, 0.15) is 0 Å². The first-order valence-electron chi connectivity index (χ1n) is 2.24. The van der Waals surface area contributed by atoms with Gasteiger partial charge >= 0.3 is 10.2 Å². The first-order chi connectivity index (χ1) is 4.13. The third-order valence-corrected chi connectivity index (χ3v) is 3.90. The molecule has 0 saturated carbocycles. The van der Waals surface area contributed by atoms with Gasteiger partial charge in [-0.25, -0.2) is 0 Å². The summed E-state index contributed by atoms with van der Waals surface area (Å²) in [5.41, 5.74) is 0. The molecule has 0 saturated heterocycles. The smallest absolute Gasteiger partial charge is 0.277 e. The van der Waals surface area contributed by atoms with E-state index in [4.69, 9.17) is 0 Å². The van der Waals surface area contributed by atoms with Gasteiger partial charge in [0.2, 0.25) is 0 Å². The highest BCUT2D eigenvalue weighted by Gasteiger charge is 2.18. The van der Waals surface area contributed by atoms with Gasteiger partial charge in [0, 0.05) is 35.6 Å². The SMILES string of the molecule is O=S1(=O)NC=CCN1I. The van der Waals surface area contributed by atoms with E-state index in [2.05, 4.69) is 4.72 Å². The van der Waals surface area contributed by atoms with Crippen molar-refractivity contribution in [3.05, 3.63) is 12.3 Å². The average molecular weight is 260 g/mol. The Morgan fingerprint density at radius 1 is 1.67 bits per heavy atom. The van der Waals surface area contributed by atoms with E-state index in [-0.39, 0.29) is 0 Å². The molecule has 9 heavy (non-hydrogen) atoms. The van der Waals surface area contributed by atoms with Crippen molar-refractivity contribution in [1.29, 1.82) is 0 Å². The van der Waals surface area contributed by atoms with Crippen molar-refractivity contribution in [1.82, 2.24) is 7.24 Å². The lowest BCUT2D eigenvalue weighted by molar-refractivity contribution is 0.553. The van der Waals surface area contributed by atoms with Crippen LogP contribution in [0.3, 0.4) is 0 Å². The summed E-state index contributed by atoms with van der Waals surface area (Å²) >= 11 is 1.73. The zero-order chi connectivity index (χ0) is 6.91. The zero-order valence-electron chi connectivity index (χ0n) is 4.41. The van der Waals surface area contributed by atoms with Gasteiger partial charge in [-0.05, 0) is 0 Å². The Kier molecular flexibility index (Phi) is 1.97. The summed E-state index contributed by atoms with van der Waals surface area (Å²) in [4.78, 5) is 0. The molecule has 0 aromatic rings. The molecular weight excluding hydrogens is 255 g/mol. The van der Waals surface area contributed by atoms with Crippen LogP contribution in [0.5, 0.6) is 0 Å². The molecule has 1 aliphatic heterocycles. The van der Waals surface area contributed by atoms with E-state index in [9.17, 15) is 8.42 Å². The van der Waals surface area contributed by atoms with Gasteiger partial charge in [-0.3, -0.25) is 4.72 Å². The first kappa shape index (κ1) is 7.29. The molecule has 0 amide bonds. The lowest BCUT2D eigenvalue weighted by Gasteiger charge is -2.15. The van der Waals surface area contributed by atoms with Crippen LogP contribution in [0.25, 0.3) is 0 Å². The summed E-state index contributed by atoms with van der Waals surface area (Å²) in [5, 5.41) is 0. The van der Waals surface area contributed by atoms with E-state index in [0.29, 0.717) is 6.54 Å². The maximum absolute atomic E-state index is 10.7. The van der Waals surface area contributed by atoms with Crippen LogP contribution in [0, 0.1) is 0 Å². The Bertz CT molecular complexity index is 222. The van der Waals surface area contributed by atoms with Gasteiger partial charge in [-0.15, -0.1) is 2.52 Å². The average Bonchev–Trinajstić information content (AvgIpc) is 1.77. The molecule has 0 aromatic carbocycles. The van der Waals surface area contributed by atoms with Crippen LogP contribution >= 0.6 is 22.9 Å². The Labute approximate surface area is 67.6 Å². The molecule has 1 N–H and O–H groups in total. The predicted molar refractivity (Wildman–Crippen MR) is 41.9 cm³/mol. The van der Waals surface area contributed by atoms with Crippen molar-refractivity contribution < 1.29 is 8.42 Å². The predicted octanol–water partition coefficient (Wildman–Crippen LogP) is 0.000100. The molecule has 6 heteroatoms. The molecule has 0 unspecified atom stereocenters. The minimum atomic E-state index is -3.18. The quantitative estimate of drug-likeness (QED) is 0.492. The minimum Gasteiger partial charge on any atom is -0.277 e. The fourth-order valence-corrected chi connectivity index (χ4v) is 1.66. The standard InChI is InChI=1S/C3H5IN2O2S/c4-6-3-1-2-5-9(6,7)8/h1-2,5H,3H2. The van der Waals surface area contributed by atoms with Crippen LogP contribution in [0.2, 0.25) is 0 Å². The number of hydrogen-bond acceptors (Lipinski definition) is 2. The molecule has 1 rings (SSSR count). The van der Waals surface area contributed by atoms with E-state index in [1.165, 1.54) is 8.72 Å². The van der Waals surface area contributed by atoms with Crippen LogP contribution in [0.15, 0.2) is 12.3 Å². The monoisotopic (exact) mass is 260 g/mol. The second kappa shape index (κ2) is 2.43.